The summed E-state index contributed by atoms with van der Waals surface area (Å²) in [4.78, 5) is 23.8. The second-order valence-corrected chi connectivity index (χ2v) is 5.19. The Labute approximate surface area is 125 Å². The molecule has 0 aliphatic carbocycles. The van der Waals surface area contributed by atoms with Crippen molar-refractivity contribution >= 4 is 27.8 Å². The standard InChI is InChI=1S/C14H16BrNO4/c15-8-12(17)14(6-7-19-10-14)16-13(18)20-9-11-4-2-1-3-5-11/h1-5H,6-10H2,(H,16,18). The largest absolute Gasteiger partial charge is 0.445 e. The van der Waals surface area contributed by atoms with Gasteiger partial charge in [-0.15, -0.1) is 0 Å². The van der Waals surface area contributed by atoms with E-state index >= 15 is 0 Å². The molecule has 1 atom stereocenters. The summed E-state index contributed by atoms with van der Waals surface area (Å²) in [7, 11) is 0. The van der Waals surface area contributed by atoms with Gasteiger partial charge >= 0.3 is 6.09 Å². The fourth-order valence-corrected chi connectivity index (χ4v) is 2.57. The molecule has 2 rings (SSSR count). The Morgan fingerprint density at radius 3 is 2.70 bits per heavy atom. The van der Waals surface area contributed by atoms with Crippen molar-refractivity contribution in [3.8, 4) is 0 Å². The van der Waals surface area contributed by atoms with E-state index in [1.165, 1.54) is 0 Å². The highest BCUT2D eigenvalue weighted by Gasteiger charge is 2.43. The Bertz CT molecular complexity index is 471. The lowest BCUT2D eigenvalue weighted by molar-refractivity contribution is -0.122. The summed E-state index contributed by atoms with van der Waals surface area (Å²) in [6.07, 6.45) is -0.133. The number of rotatable bonds is 5. The Balaban J connectivity index is 1.91. The zero-order valence-electron chi connectivity index (χ0n) is 10.9. The maximum atomic E-state index is 11.9. The van der Waals surface area contributed by atoms with Crippen LogP contribution in [0.2, 0.25) is 0 Å². The van der Waals surface area contributed by atoms with Gasteiger partial charge in [-0.3, -0.25) is 4.79 Å². The molecule has 1 aromatic rings. The van der Waals surface area contributed by atoms with Crippen LogP contribution < -0.4 is 5.32 Å². The van der Waals surface area contributed by atoms with Crippen LogP contribution in [0.25, 0.3) is 0 Å². The Hall–Kier alpha value is -1.40. The molecule has 1 aliphatic heterocycles. The van der Waals surface area contributed by atoms with Crippen LogP contribution in [0, 0.1) is 0 Å². The third-order valence-electron chi connectivity index (χ3n) is 3.23. The molecule has 0 bridgehead atoms. The number of carbonyl (C=O) groups excluding carboxylic acids is 2. The van der Waals surface area contributed by atoms with E-state index in [4.69, 9.17) is 9.47 Å². The SMILES string of the molecule is O=C(NC1(C(=O)CBr)CCOC1)OCc1ccccc1. The first kappa shape index (κ1) is 15.0. The Morgan fingerprint density at radius 2 is 2.10 bits per heavy atom. The summed E-state index contributed by atoms with van der Waals surface area (Å²) in [6.45, 7) is 0.821. The summed E-state index contributed by atoms with van der Waals surface area (Å²) in [5.74, 6) is -0.105. The number of Topliss-reactive ketones (excluding diaryl/α,β-unsaturated/α-hetero) is 1. The number of benzene rings is 1. The highest BCUT2D eigenvalue weighted by molar-refractivity contribution is 9.09. The zero-order valence-corrected chi connectivity index (χ0v) is 12.5. The Morgan fingerprint density at radius 1 is 1.35 bits per heavy atom. The molecule has 1 N–H and O–H groups in total. The van der Waals surface area contributed by atoms with Crippen molar-refractivity contribution in [1.29, 1.82) is 0 Å². The molecule has 0 aromatic heterocycles. The first-order valence-electron chi connectivity index (χ1n) is 6.32. The smallest absolute Gasteiger partial charge is 0.408 e. The van der Waals surface area contributed by atoms with Crippen LogP contribution in [0.1, 0.15) is 12.0 Å². The van der Waals surface area contributed by atoms with E-state index < -0.39 is 11.6 Å². The number of hydrogen-bond acceptors (Lipinski definition) is 4. The van der Waals surface area contributed by atoms with Crippen LogP contribution in [-0.2, 0) is 20.9 Å². The molecule has 1 saturated heterocycles. The summed E-state index contributed by atoms with van der Waals surface area (Å²) >= 11 is 3.13. The van der Waals surface area contributed by atoms with E-state index in [1.807, 2.05) is 30.3 Å². The minimum Gasteiger partial charge on any atom is -0.445 e. The number of hydrogen-bond donors (Lipinski definition) is 1. The van der Waals surface area contributed by atoms with Crippen molar-refractivity contribution < 1.29 is 19.1 Å². The molecule has 1 heterocycles. The lowest BCUT2D eigenvalue weighted by Crippen LogP contribution is -2.55. The Kier molecular flexibility index (Phi) is 5.14. The minimum absolute atomic E-state index is 0.105. The van der Waals surface area contributed by atoms with E-state index in [-0.39, 0.29) is 24.3 Å². The molecule has 6 heteroatoms. The summed E-state index contributed by atoms with van der Waals surface area (Å²) < 4.78 is 10.4. The van der Waals surface area contributed by atoms with Crippen molar-refractivity contribution in [3.05, 3.63) is 35.9 Å². The number of alkyl carbamates (subject to hydrolysis) is 1. The van der Waals surface area contributed by atoms with Crippen LogP contribution in [0.15, 0.2) is 30.3 Å². The number of alkyl halides is 1. The molecule has 0 radical (unpaired) electrons. The van der Waals surface area contributed by atoms with Gasteiger partial charge in [-0.25, -0.2) is 4.79 Å². The van der Waals surface area contributed by atoms with Gasteiger partial charge in [0.15, 0.2) is 5.78 Å². The van der Waals surface area contributed by atoms with Crippen LogP contribution in [0.5, 0.6) is 0 Å². The number of ketones is 1. The molecule has 108 valence electrons. The molecular formula is C14H16BrNO4. The van der Waals surface area contributed by atoms with Crippen LogP contribution >= 0.6 is 15.9 Å². The zero-order chi connectivity index (χ0) is 14.4. The summed E-state index contributed by atoms with van der Waals surface area (Å²) in [5.41, 5.74) is -0.0664. The third-order valence-corrected chi connectivity index (χ3v) is 3.74. The molecule has 0 spiro atoms. The molecule has 1 amide bonds. The highest BCUT2D eigenvalue weighted by atomic mass is 79.9. The van der Waals surface area contributed by atoms with E-state index in [0.717, 1.165) is 5.56 Å². The average Bonchev–Trinajstić information content (AvgIpc) is 2.95. The van der Waals surface area contributed by atoms with Gasteiger partial charge in [0.1, 0.15) is 12.1 Å². The summed E-state index contributed by atoms with van der Waals surface area (Å²) in [6, 6.07) is 9.37. The maximum absolute atomic E-state index is 11.9. The van der Waals surface area contributed by atoms with Crippen molar-refractivity contribution in [2.75, 3.05) is 18.5 Å². The molecule has 1 unspecified atom stereocenters. The van der Waals surface area contributed by atoms with Gasteiger partial charge in [-0.2, -0.15) is 0 Å². The molecular weight excluding hydrogens is 326 g/mol. The van der Waals surface area contributed by atoms with Gasteiger partial charge in [-0.1, -0.05) is 46.3 Å². The molecule has 20 heavy (non-hydrogen) atoms. The molecule has 1 fully saturated rings. The number of nitrogens with one attached hydrogen (secondary N) is 1. The number of ether oxygens (including phenoxy) is 2. The van der Waals surface area contributed by atoms with Crippen LogP contribution in [0.3, 0.4) is 0 Å². The van der Waals surface area contributed by atoms with E-state index in [2.05, 4.69) is 21.2 Å². The number of amides is 1. The van der Waals surface area contributed by atoms with Gasteiger partial charge in [0, 0.05) is 13.0 Å². The second kappa shape index (κ2) is 6.85. The minimum atomic E-state index is -0.961. The lowest BCUT2D eigenvalue weighted by atomic mass is 9.94. The highest BCUT2D eigenvalue weighted by Crippen LogP contribution is 2.21. The van der Waals surface area contributed by atoms with E-state index in [9.17, 15) is 9.59 Å². The first-order valence-corrected chi connectivity index (χ1v) is 7.44. The van der Waals surface area contributed by atoms with E-state index in [0.29, 0.717) is 13.0 Å². The fourth-order valence-electron chi connectivity index (χ4n) is 2.04. The van der Waals surface area contributed by atoms with Gasteiger partial charge in [0.05, 0.1) is 11.9 Å². The predicted molar refractivity (Wildman–Crippen MR) is 76.7 cm³/mol. The number of halogens is 1. The monoisotopic (exact) mass is 341 g/mol. The fraction of sp³-hybridized carbons (Fsp3) is 0.429. The lowest BCUT2D eigenvalue weighted by Gasteiger charge is -2.25. The molecule has 1 aromatic carbocycles. The normalized spacial score (nSPS) is 21.4. The maximum Gasteiger partial charge on any atom is 0.408 e. The number of carbonyl (C=O) groups is 2. The molecule has 1 aliphatic rings. The molecule has 5 nitrogen and oxygen atoms in total. The van der Waals surface area contributed by atoms with Crippen molar-refractivity contribution in [1.82, 2.24) is 5.32 Å². The topological polar surface area (TPSA) is 64.6 Å². The van der Waals surface area contributed by atoms with Crippen molar-refractivity contribution in [3.63, 3.8) is 0 Å². The third kappa shape index (κ3) is 3.58. The van der Waals surface area contributed by atoms with Gasteiger partial charge in [-0.05, 0) is 5.56 Å². The van der Waals surface area contributed by atoms with Crippen molar-refractivity contribution in [2.24, 2.45) is 0 Å². The van der Waals surface area contributed by atoms with Gasteiger partial charge < -0.3 is 14.8 Å². The molecule has 0 saturated carbocycles. The predicted octanol–water partition coefficient (Wildman–Crippen LogP) is 2.04. The second-order valence-electron chi connectivity index (χ2n) is 4.63. The quantitative estimate of drug-likeness (QED) is 0.832. The van der Waals surface area contributed by atoms with Crippen LogP contribution in [0.4, 0.5) is 4.79 Å². The van der Waals surface area contributed by atoms with Crippen molar-refractivity contribution in [2.45, 2.75) is 18.6 Å². The van der Waals surface area contributed by atoms with E-state index in [1.54, 1.807) is 0 Å². The average molecular weight is 342 g/mol. The van der Waals surface area contributed by atoms with Crippen LogP contribution in [-0.4, -0.2) is 36.0 Å². The van der Waals surface area contributed by atoms with Gasteiger partial charge in [0.2, 0.25) is 0 Å². The van der Waals surface area contributed by atoms with Gasteiger partial charge in [0.25, 0.3) is 0 Å². The first-order chi connectivity index (χ1) is 9.66. The summed E-state index contributed by atoms with van der Waals surface area (Å²) in [5, 5.41) is 2.82.